The van der Waals surface area contributed by atoms with Crippen molar-refractivity contribution < 1.29 is 14.0 Å². The summed E-state index contributed by atoms with van der Waals surface area (Å²) in [6.45, 7) is 4.13. The van der Waals surface area contributed by atoms with Crippen molar-refractivity contribution in [3.63, 3.8) is 0 Å². The number of piperazine rings is 1. The molecular weight excluding hydrogens is 385 g/mol. The molecule has 4 N–H and O–H groups in total. The summed E-state index contributed by atoms with van der Waals surface area (Å²) in [6.07, 6.45) is 1.72. The lowest BCUT2D eigenvalue weighted by Gasteiger charge is -2.37. The number of benzene rings is 2. The molecule has 2 aliphatic heterocycles. The Balaban J connectivity index is 1.29. The third-order valence-electron chi connectivity index (χ3n) is 6.02. The van der Waals surface area contributed by atoms with Gasteiger partial charge in [-0.3, -0.25) is 9.69 Å². The number of hydrogen-bond acceptors (Lipinski definition) is 4. The number of fused-ring (bicyclic) bond motifs is 1. The number of hydrogen-bond donors (Lipinski definition) is 3. The van der Waals surface area contributed by atoms with E-state index in [-0.39, 0.29) is 17.9 Å². The molecule has 2 aromatic rings. The fourth-order valence-electron chi connectivity index (χ4n) is 4.32. The van der Waals surface area contributed by atoms with Crippen molar-refractivity contribution in [1.29, 1.82) is 0 Å². The largest absolute Gasteiger partial charge is 0.368 e. The summed E-state index contributed by atoms with van der Waals surface area (Å²) in [7, 11) is 0. The highest BCUT2D eigenvalue weighted by atomic mass is 19.1. The summed E-state index contributed by atoms with van der Waals surface area (Å²) < 4.78 is 13.3. The number of primary amides is 1. The standard InChI is InChI=1S/C22H28FN5O2/c23-18-4-3-16-11-15(1-2-17(16)12-18)14-27-8-5-19(6-9-27)26-22(30)28-10-7-25-13-20(28)21(24)29/h1-4,11-12,19-20,25H,5-10,13-14H2,(H2,24,29)(H,26,30). The van der Waals surface area contributed by atoms with E-state index in [2.05, 4.69) is 21.6 Å². The van der Waals surface area contributed by atoms with Crippen molar-refractivity contribution in [2.24, 2.45) is 5.73 Å². The van der Waals surface area contributed by atoms with Gasteiger partial charge < -0.3 is 21.3 Å². The molecule has 7 nitrogen and oxygen atoms in total. The Labute approximate surface area is 175 Å². The van der Waals surface area contributed by atoms with Crippen LogP contribution in [0.25, 0.3) is 10.8 Å². The van der Waals surface area contributed by atoms with Crippen molar-refractivity contribution in [2.75, 3.05) is 32.7 Å². The summed E-state index contributed by atoms with van der Waals surface area (Å²) in [5.74, 6) is -0.701. The molecule has 0 radical (unpaired) electrons. The zero-order valence-corrected chi connectivity index (χ0v) is 16.9. The fraction of sp³-hybridized carbons (Fsp3) is 0.455. The van der Waals surface area contributed by atoms with Crippen molar-refractivity contribution >= 4 is 22.7 Å². The number of amides is 3. The maximum Gasteiger partial charge on any atom is 0.318 e. The van der Waals surface area contributed by atoms with E-state index in [9.17, 15) is 14.0 Å². The predicted molar refractivity (Wildman–Crippen MR) is 113 cm³/mol. The lowest BCUT2D eigenvalue weighted by atomic mass is 10.0. The number of halogens is 1. The molecule has 160 valence electrons. The van der Waals surface area contributed by atoms with Gasteiger partial charge in [-0.15, -0.1) is 0 Å². The minimum atomic E-state index is -0.597. The molecule has 0 aliphatic carbocycles. The Kier molecular flexibility index (Phi) is 6.15. The average Bonchev–Trinajstić information content (AvgIpc) is 2.75. The van der Waals surface area contributed by atoms with E-state index in [0.29, 0.717) is 19.6 Å². The summed E-state index contributed by atoms with van der Waals surface area (Å²) in [4.78, 5) is 28.2. The first-order valence-electron chi connectivity index (χ1n) is 10.5. The number of nitrogens with one attached hydrogen (secondary N) is 2. The fourth-order valence-corrected chi connectivity index (χ4v) is 4.32. The van der Waals surface area contributed by atoms with Crippen LogP contribution in [0.4, 0.5) is 9.18 Å². The van der Waals surface area contributed by atoms with Crippen LogP contribution in [0.2, 0.25) is 0 Å². The van der Waals surface area contributed by atoms with Crippen molar-refractivity contribution in [1.82, 2.24) is 20.4 Å². The molecule has 1 unspecified atom stereocenters. The normalized spacial score (nSPS) is 21.0. The quantitative estimate of drug-likeness (QED) is 0.707. The van der Waals surface area contributed by atoms with Crippen LogP contribution in [0.5, 0.6) is 0 Å². The van der Waals surface area contributed by atoms with Crippen LogP contribution in [-0.2, 0) is 11.3 Å². The number of carbonyl (C=O) groups excluding carboxylic acids is 2. The molecule has 8 heteroatoms. The second-order valence-corrected chi connectivity index (χ2v) is 8.14. The molecule has 2 aliphatic rings. The second kappa shape index (κ2) is 8.97. The topological polar surface area (TPSA) is 90.7 Å². The van der Waals surface area contributed by atoms with E-state index < -0.39 is 11.9 Å². The number of piperidine rings is 1. The SMILES string of the molecule is NC(=O)C1CNCCN1C(=O)NC1CCN(Cc2ccc3cc(F)ccc3c2)CC1. The highest BCUT2D eigenvalue weighted by molar-refractivity contribution is 5.86. The highest BCUT2D eigenvalue weighted by Gasteiger charge is 2.32. The maximum absolute atomic E-state index is 13.3. The van der Waals surface area contributed by atoms with E-state index in [4.69, 9.17) is 5.73 Å². The number of likely N-dealkylation sites (tertiary alicyclic amines) is 1. The first-order valence-corrected chi connectivity index (χ1v) is 10.5. The molecule has 2 saturated heterocycles. The molecule has 0 saturated carbocycles. The molecule has 4 rings (SSSR count). The Morgan fingerprint density at radius 2 is 1.83 bits per heavy atom. The summed E-state index contributed by atoms with van der Waals surface area (Å²) >= 11 is 0. The van der Waals surface area contributed by atoms with Gasteiger partial charge in [-0.1, -0.05) is 18.2 Å². The molecule has 2 fully saturated rings. The van der Waals surface area contributed by atoms with Gasteiger partial charge in [0, 0.05) is 45.3 Å². The second-order valence-electron chi connectivity index (χ2n) is 8.14. The molecule has 1 atom stereocenters. The maximum atomic E-state index is 13.3. The summed E-state index contributed by atoms with van der Waals surface area (Å²) in [5, 5.41) is 8.12. The zero-order valence-electron chi connectivity index (χ0n) is 16.9. The molecule has 2 heterocycles. The molecule has 2 aromatic carbocycles. The van der Waals surface area contributed by atoms with E-state index >= 15 is 0 Å². The Hall–Kier alpha value is -2.71. The number of urea groups is 1. The third kappa shape index (κ3) is 4.71. The zero-order chi connectivity index (χ0) is 21.1. The van der Waals surface area contributed by atoms with Crippen LogP contribution < -0.4 is 16.4 Å². The lowest BCUT2D eigenvalue weighted by Crippen LogP contribution is -2.62. The number of carbonyl (C=O) groups is 2. The summed E-state index contributed by atoms with van der Waals surface area (Å²) in [5.41, 5.74) is 6.63. The van der Waals surface area contributed by atoms with Gasteiger partial charge in [-0.2, -0.15) is 0 Å². The van der Waals surface area contributed by atoms with Crippen LogP contribution in [0.1, 0.15) is 18.4 Å². The van der Waals surface area contributed by atoms with E-state index in [1.165, 1.54) is 11.6 Å². The van der Waals surface area contributed by atoms with Gasteiger partial charge in [0.2, 0.25) is 5.91 Å². The van der Waals surface area contributed by atoms with Crippen LogP contribution >= 0.6 is 0 Å². The smallest absolute Gasteiger partial charge is 0.318 e. The van der Waals surface area contributed by atoms with Gasteiger partial charge in [0.05, 0.1) is 0 Å². The Bertz CT molecular complexity index is 929. The molecule has 0 bridgehead atoms. The van der Waals surface area contributed by atoms with Gasteiger partial charge in [0.25, 0.3) is 0 Å². The Morgan fingerprint density at radius 1 is 1.10 bits per heavy atom. The van der Waals surface area contributed by atoms with Gasteiger partial charge in [0.15, 0.2) is 0 Å². The van der Waals surface area contributed by atoms with Crippen molar-refractivity contribution in [3.8, 4) is 0 Å². The molecule has 3 amide bonds. The molecule has 0 spiro atoms. The summed E-state index contributed by atoms with van der Waals surface area (Å²) in [6, 6.07) is 10.3. The third-order valence-corrected chi connectivity index (χ3v) is 6.02. The number of nitrogens with two attached hydrogens (primary N) is 1. The van der Waals surface area contributed by atoms with Crippen molar-refractivity contribution in [3.05, 3.63) is 47.8 Å². The highest BCUT2D eigenvalue weighted by Crippen LogP contribution is 2.20. The van der Waals surface area contributed by atoms with Crippen molar-refractivity contribution in [2.45, 2.75) is 31.5 Å². The van der Waals surface area contributed by atoms with Gasteiger partial charge in [-0.25, -0.2) is 9.18 Å². The average molecular weight is 413 g/mol. The van der Waals surface area contributed by atoms with E-state index in [1.807, 2.05) is 18.2 Å². The van der Waals surface area contributed by atoms with Gasteiger partial charge >= 0.3 is 6.03 Å². The van der Waals surface area contributed by atoms with Crippen LogP contribution in [0, 0.1) is 5.82 Å². The van der Waals surface area contributed by atoms with Crippen LogP contribution in [-0.4, -0.2) is 66.5 Å². The van der Waals surface area contributed by atoms with Gasteiger partial charge in [0.1, 0.15) is 11.9 Å². The first-order chi connectivity index (χ1) is 14.5. The monoisotopic (exact) mass is 413 g/mol. The van der Waals surface area contributed by atoms with Gasteiger partial charge in [-0.05, 0) is 47.4 Å². The molecular formula is C22H28FN5O2. The van der Waals surface area contributed by atoms with Crippen LogP contribution in [0.15, 0.2) is 36.4 Å². The van der Waals surface area contributed by atoms with E-state index in [0.717, 1.165) is 43.2 Å². The minimum absolute atomic E-state index is 0.0942. The van der Waals surface area contributed by atoms with Crippen LogP contribution in [0.3, 0.4) is 0 Å². The number of rotatable bonds is 4. The molecule has 30 heavy (non-hydrogen) atoms. The lowest BCUT2D eigenvalue weighted by molar-refractivity contribution is -0.122. The first kappa shape index (κ1) is 20.6. The minimum Gasteiger partial charge on any atom is -0.368 e. The number of nitrogens with zero attached hydrogens (tertiary/aromatic N) is 2. The van der Waals surface area contributed by atoms with E-state index in [1.54, 1.807) is 11.0 Å². The predicted octanol–water partition coefficient (Wildman–Crippen LogP) is 1.41. The Morgan fingerprint density at radius 3 is 2.60 bits per heavy atom. The molecule has 0 aromatic heterocycles.